The second kappa shape index (κ2) is 4.42. The number of aromatic nitrogens is 1. The van der Waals surface area contributed by atoms with E-state index in [0.29, 0.717) is 6.54 Å². The zero-order valence-corrected chi connectivity index (χ0v) is 9.34. The first-order chi connectivity index (χ1) is 7.28. The van der Waals surface area contributed by atoms with Crippen molar-refractivity contribution < 1.29 is 0 Å². The van der Waals surface area contributed by atoms with E-state index in [0.717, 1.165) is 16.4 Å². The van der Waals surface area contributed by atoms with Crippen LogP contribution in [0.3, 0.4) is 0 Å². The minimum Gasteiger partial charge on any atom is -0.332 e. The van der Waals surface area contributed by atoms with Crippen LogP contribution in [0.4, 0.5) is 10.8 Å². The van der Waals surface area contributed by atoms with Gasteiger partial charge in [-0.05, 0) is 24.6 Å². The fourth-order valence-electron chi connectivity index (χ4n) is 1.31. The van der Waals surface area contributed by atoms with E-state index in [1.54, 1.807) is 11.3 Å². The fourth-order valence-corrected chi connectivity index (χ4v) is 2.00. The molecule has 78 valence electrons. The largest absolute Gasteiger partial charge is 0.332 e. The van der Waals surface area contributed by atoms with Gasteiger partial charge in [0.25, 0.3) is 0 Å². The van der Waals surface area contributed by atoms with Crippen molar-refractivity contribution in [2.75, 3.05) is 5.32 Å². The molecular formula is C11H13N3S. The number of nitrogens with one attached hydrogen (secondary N) is 1. The quantitative estimate of drug-likeness (QED) is 0.834. The molecule has 2 rings (SSSR count). The third-order valence-electron chi connectivity index (χ3n) is 2.04. The molecule has 0 aliphatic rings. The molecule has 0 aliphatic carbocycles. The lowest BCUT2D eigenvalue weighted by atomic mass is 10.2. The maximum atomic E-state index is 5.58. The van der Waals surface area contributed by atoms with Gasteiger partial charge in [0, 0.05) is 23.3 Å². The van der Waals surface area contributed by atoms with E-state index in [4.69, 9.17) is 5.73 Å². The molecule has 3 N–H and O–H groups in total. The van der Waals surface area contributed by atoms with Gasteiger partial charge in [0.05, 0.1) is 0 Å². The molecule has 0 spiro atoms. The van der Waals surface area contributed by atoms with Crippen molar-refractivity contribution in [3.05, 3.63) is 40.9 Å². The van der Waals surface area contributed by atoms with E-state index in [2.05, 4.69) is 10.3 Å². The predicted octanol–water partition coefficient (Wildman–Crippen LogP) is 2.65. The van der Waals surface area contributed by atoms with Crippen molar-refractivity contribution in [2.45, 2.75) is 13.5 Å². The second-order valence-electron chi connectivity index (χ2n) is 3.31. The van der Waals surface area contributed by atoms with E-state index < -0.39 is 0 Å². The molecule has 1 heterocycles. The van der Waals surface area contributed by atoms with Crippen LogP contribution >= 0.6 is 11.3 Å². The molecule has 3 nitrogen and oxygen atoms in total. The number of nitrogens with zero attached hydrogens (tertiary/aromatic N) is 1. The van der Waals surface area contributed by atoms with Gasteiger partial charge >= 0.3 is 0 Å². The molecule has 0 amide bonds. The van der Waals surface area contributed by atoms with Crippen molar-refractivity contribution in [3.63, 3.8) is 0 Å². The highest BCUT2D eigenvalue weighted by molar-refractivity contribution is 7.15. The molecule has 0 radical (unpaired) electrons. The number of thiazole rings is 1. The average Bonchev–Trinajstić information content (AvgIpc) is 2.64. The zero-order chi connectivity index (χ0) is 10.7. The molecule has 0 saturated heterocycles. The number of rotatable bonds is 3. The van der Waals surface area contributed by atoms with E-state index >= 15 is 0 Å². The highest BCUT2D eigenvalue weighted by Crippen LogP contribution is 2.22. The van der Waals surface area contributed by atoms with Crippen LogP contribution in [0.1, 0.15) is 10.4 Å². The predicted molar refractivity (Wildman–Crippen MR) is 64.5 cm³/mol. The molecule has 2 aromatic rings. The molecule has 0 unspecified atom stereocenters. The van der Waals surface area contributed by atoms with Gasteiger partial charge in [-0.2, -0.15) is 0 Å². The van der Waals surface area contributed by atoms with Crippen LogP contribution in [0.15, 0.2) is 30.5 Å². The molecule has 0 saturated carbocycles. The van der Waals surface area contributed by atoms with E-state index in [1.165, 1.54) is 4.88 Å². The summed E-state index contributed by atoms with van der Waals surface area (Å²) in [6, 6.07) is 8.05. The number of anilines is 2. The highest BCUT2D eigenvalue weighted by atomic mass is 32.1. The Labute approximate surface area is 93.0 Å². The summed E-state index contributed by atoms with van der Waals surface area (Å²) in [5, 5.41) is 4.17. The minimum absolute atomic E-state index is 0.562. The smallest absolute Gasteiger partial charge is 0.187 e. The average molecular weight is 219 g/mol. The molecule has 1 aromatic carbocycles. The SMILES string of the molecule is Cc1cnc(Nc2cccc(CN)c2)s1. The van der Waals surface area contributed by atoms with Gasteiger partial charge in [0.2, 0.25) is 0 Å². The maximum Gasteiger partial charge on any atom is 0.187 e. The topological polar surface area (TPSA) is 50.9 Å². The van der Waals surface area contributed by atoms with Gasteiger partial charge in [0.1, 0.15) is 0 Å². The standard InChI is InChI=1S/C11H13N3S/c1-8-7-13-11(15-8)14-10-4-2-3-9(5-10)6-12/h2-5,7H,6,12H2,1H3,(H,13,14). The number of aryl methyl sites for hydroxylation is 1. The van der Waals surface area contributed by atoms with Gasteiger partial charge in [0.15, 0.2) is 5.13 Å². The second-order valence-corrected chi connectivity index (χ2v) is 4.54. The number of benzene rings is 1. The summed E-state index contributed by atoms with van der Waals surface area (Å²) >= 11 is 1.64. The molecule has 15 heavy (non-hydrogen) atoms. The molecule has 0 bridgehead atoms. The summed E-state index contributed by atoms with van der Waals surface area (Å²) in [5.74, 6) is 0. The summed E-state index contributed by atoms with van der Waals surface area (Å²) < 4.78 is 0. The normalized spacial score (nSPS) is 10.3. The Balaban J connectivity index is 2.16. The summed E-state index contributed by atoms with van der Waals surface area (Å²) in [5.41, 5.74) is 7.73. The van der Waals surface area contributed by atoms with E-state index in [-0.39, 0.29) is 0 Å². The lowest BCUT2D eigenvalue weighted by molar-refractivity contribution is 1.07. The minimum atomic E-state index is 0.562. The van der Waals surface area contributed by atoms with Crippen LogP contribution < -0.4 is 11.1 Å². The summed E-state index contributed by atoms with van der Waals surface area (Å²) in [7, 11) is 0. The molecule has 4 heteroatoms. The lowest BCUT2D eigenvalue weighted by Gasteiger charge is -2.03. The van der Waals surface area contributed by atoms with Gasteiger partial charge in [-0.15, -0.1) is 11.3 Å². The Hall–Kier alpha value is -1.39. The Morgan fingerprint density at radius 1 is 1.47 bits per heavy atom. The van der Waals surface area contributed by atoms with E-state index in [1.807, 2.05) is 37.4 Å². The van der Waals surface area contributed by atoms with Crippen molar-refractivity contribution in [1.82, 2.24) is 4.98 Å². The van der Waals surface area contributed by atoms with Gasteiger partial charge in [-0.1, -0.05) is 12.1 Å². The van der Waals surface area contributed by atoms with Gasteiger partial charge in [-0.3, -0.25) is 0 Å². The van der Waals surface area contributed by atoms with Gasteiger partial charge in [-0.25, -0.2) is 4.98 Å². The number of hydrogen-bond donors (Lipinski definition) is 2. The van der Waals surface area contributed by atoms with E-state index in [9.17, 15) is 0 Å². The number of hydrogen-bond acceptors (Lipinski definition) is 4. The van der Waals surface area contributed by atoms with Crippen molar-refractivity contribution in [1.29, 1.82) is 0 Å². The van der Waals surface area contributed by atoms with Crippen LogP contribution in [0.5, 0.6) is 0 Å². The molecule has 0 aliphatic heterocycles. The Bertz CT molecular complexity index is 451. The number of nitrogens with two attached hydrogens (primary N) is 1. The van der Waals surface area contributed by atoms with Crippen molar-refractivity contribution in [2.24, 2.45) is 5.73 Å². The molecule has 0 atom stereocenters. The lowest BCUT2D eigenvalue weighted by Crippen LogP contribution is -1.97. The van der Waals surface area contributed by atoms with Crippen LogP contribution in [-0.2, 0) is 6.54 Å². The summed E-state index contributed by atoms with van der Waals surface area (Å²) in [4.78, 5) is 5.44. The molecular weight excluding hydrogens is 206 g/mol. The first kappa shape index (κ1) is 10.1. The van der Waals surface area contributed by atoms with Crippen LogP contribution in [-0.4, -0.2) is 4.98 Å². The fraction of sp³-hybridized carbons (Fsp3) is 0.182. The molecule has 1 aromatic heterocycles. The van der Waals surface area contributed by atoms with Crippen LogP contribution in [0.25, 0.3) is 0 Å². The van der Waals surface area contributed by atoms with Crippen LogP contribution in [0, 0.1) is 6.92 Å². The summed E-state index contributed by atoms with van der Waals surface area (Å²) in [6.07, 6.45) is 1.86. The Morgan fingerprint density at radius 3 is 3.00 bits per heavy atom. The summed E-state index contributed by atoms with van der Waals surface area (Å²) in [6.45, 7) is 2.60. The monoisotopic (exact) mass is 219 g/mol. The van der Waals surface area contributed by atoms with Gasteiger partial charge < -0.3 is 11.1 Å². The first-order valence-corrected chi connectivity index (χ1v) is 5.58. The Morgan fingerprint density at radius 2 is 2.33 bits per heavy atom. The highest BCUT2D eigenvalue weighted by Gasteiger charge is 1.99. The van der Waals surface area contributed by atoms with Crippen LogP contribution in [0.2, 0.25) is 0 Å². The first-order valence-electron chi connectivity index (χ1n) is 4.76. The third kappa shape index (κ3) is 2.55. The zero-order valence-electron chi connectivity index (χ0n) is 8.53. The van der Waals surface area contributed by atoms with Crippen molar-refractivity contribution in [3.8, 4) is 0 Å². The maximum absolute atomic E-state index is 5.58. The molecule has 0 fully saturated rings. The third-order valence-corrected chi connectivity index (χ3v) is 2.86. The van der Waals surface area contributed by atoms with Crippen molar-refractivity contribution >= 4 is 22.2 Å². The Kier molecular flexibility index (Phi) is 2.99.